The van der Waals surface area contributed by atoms with Gasteiger partial charge in [-0.15, -0.1) is 0 Å². The zero-order chi connectivity index (χ0) is 9.46. The van der Waals surface area contributed by atoms with E-state index in [0.717, 1.165) is 26.1 Å². The second-order valence-corrected chi connectivity index (χ2v) is 4.10. The van der Waals surface area contributed by atoms with Gasteiger partial charge in [0.1, 0.15) is 0 Å². The monoisotopic (exact) mass is 276 g/mol. The minimum Gasteiger partial charge on any atom is -0.398 e. The van der Waals surface area contributed by atoms with Gasteiger partial charge in [0, 0.05) is 0 Å². The van der Waals surface area contributed by atoms with Crippen molar-refractivity contribution in [2.75, 3.05) is 11.5 Å². The maximum Gasteiger partial charge on any atom is 0.0594 e. The molecule has 0 bridgehead atoms. The largest absolute Gasteiger partial charge is 0.398 e. The predicted molar refractivity (Wildman–Crippen MR) is 62.2 cm³/mol. The zero-order valence-electron chi connectivity index (χ0n) is 7.53. The van der Waals surface area contributed by atoms with Crippen molar-refractivity contribution in [1.29, 1.82) is 0 Å². The van der Waals surface area contributed by atoms with E-state index in [4.69, 9.17) is 11.5 Å². The smallest absolute Gasteiger partial charge is 0.0594 e. The highest BCUT2D eigenvalue weighted by atomic mass is 127. The maximum atomic E-state index is 5.86. The molecule has 0 unspecified atom stereocenters. The summed E-state index contributed by atoms with van der Waals surface area (Å²) >= 11 is 2.19. The van der Waals surface area contributed by atoms with Crippen molar-refractivity contribution < 1.29 is 0 Å². The molecular weight excluding hydrogens is 263 g/mol. The molecule has 0 heterocycles. The molecule has 0 amide bonds. The third-order valence-electron chi connectivity index (χ3n) is 2.41. The lowest BCUT2D eigenvalue weighted by atomic mass is 10.0. The Morgan fingerprint density at radius 3 is 1.50 bits per heavy atom. The van der Waals surface area contributed by atoms with Gasteiger partial charge in [-0.25, -0.2) is 0 Å². The van der Waals surface area contributed by atoms with Crippen LogP contribution in [-0.4, -0.2) is 0 Å². The molecule has 0 aliphatic heterocycles. The van der Waals surface area contributed by atoms with Crippen molar-refractivity contribution in [3.05, 3.63) is 20.3 Å². The van der Waals surface area contributed by atoms with E-state index in [-0.39, 0.29) is 0 Å². The summed E-state index contributed by atoms with van der Waals surface area (Å²) in [6, 6.07) is 0. The molecule has 0 aliphatic carbocycles. The molecule has 3 heteroatoms. The summed E-state index contributed by atoms with van der Waals surface area (Å²) in [6.07, 6.45) is 0. The fourth-order valence-corrected chi connectivity index (χ4v) is 1.97. The first-order valence-corrected chi connectivity index (χ1v) is 4.85. The van der Waals surface area contributed by atoms with E-state index in [1.165, 1.54) is 5.56 Å². The van der Waals surface area contributed by atoms with Crippen LogP contribution >= 0.6 is 22.6 Å². The van der Waals surface area contributed by atoms with Gasteiger partial charge >= 0.3 is 0 Å². The van der Waals surface area contributed by atoms with Crippen LogP contribution in [0.25, 0.3) is 0 Å². The minimum absolute atomic E-state index is 0.816. The lowest BCUT2D eigenvalue weighted by molar-refractivity contribution is 1.26. The Bertz CT molecular complexity index is 227. The van der Waals surface area contributed by atoms with E-state index >= 15 is 0 Å². The van der Waals surface area contributed by atoms with Crippen LogP contribution < -0.4 is 11.5 Å². The number of anilines is 2. The first-order valence-electron chi connectivity index (χ1n) is 3.77. The van der Waals surface area contributed by atoms with Crippen LogP contribution in [0.2, 0.25) is 0 Å². The number of hydrogen-bond donors (Lipinski definition) is 2. The first-order chi connectivity index (χ1) is 5.46. The second kappa shape index (κ2) is 3.12. The number of hydrogen-bond acceptors (Lipinski definition) is 2. The van der Waals surface area contributed by atoms with Gasteiger partial charge in [0.05, 0.1) is 14.9 Å². The summed E-state index contributed by atoms with van der Waals surface area (Å²) in [5.74, 6) is 0. The van der Waals surface area contributed by atoms with E-state index < -0.39 is 0 Å². The first kappa shape index (κ1) is 9.64. The molecule has 12 heavy (non-hydrogen) atoms. The number of benzene rings is 1. The van der Waals surface area contributed by atoms with Crippen LogP contribution in [0.3, 0.4) is 0 Å². The van der Waals surface area contributed by atoms with Crippen molar-refractivity contribution in [1.82, 2.24) is 0 Å². The van der Waals surface area contributed by atoms with Gasteiger partial charge in [-0.2, -0.15) is 0 Å². The van der Waals surface area contributed by atoms with Gasteiger partial charge in [0.25, 0.3) is 0 Å². The molecule has 0 spiro atoms. The Morgan fingerprint density at radius 2 is 1.17 bits per heavy atom. The molecule has 1 aromatic rings. The molecule has 0 aliphatic rings. The quantitative estimate of drug-likeness (QED) is 0.564. The van der Waals surface area contributed by atoms with E-state index in [2.05, 4.69) is 22.6 Å². The van der Waals surface area contributed by atoms with Crippen LogP contribution in [-0.2, 0) is 0 Å². The lowest BCUT2D eigenvalue weighted by Crippen LogP contribution is -2.04. The average Bonchev–Trinajstić information content (AvgIpc) is 2.08. The molecule has 0 radical (unpaired) electrons. The predicted octanol–water partition coefficient (Wildman–Crippen LogP) is 2.38. The molecule has 1 aromatic carbocycles. The molecule has 0 saturated heterocycles. The van der Waals surface area contributed by atoms with Crippen LogP contribution in [0, 0.1) is 24.3 Å². The molecule has 0 aromatic heterocycles. The number of nitrogen functional groups attached to an aromatic ring is 2. The van der Waals surface area contributed by atoms with Gasteiger partial charge in [-0.05, 0) is 60.1 Å². The topological polar surface area (TPSA) is 52.0 Å². The van der Waals surface area contributed by atoms with Crippen LogP contribution in [0.1, 0.15) is 16.7 Å². The van der Waals surface area contributed by atoms with E-state index in [1.807, 2.05) is 20.8 Å². The summed E-state index contributed by atoms with van der Waals surface area (Å²) in [6.45, 7) is 6.10. The third-order valence-corrected chi connectivity index (χ3v) is 3.57. The van der Waals surface area contributed by atoms with Crippen LogP contribution in [0.15, 0.2) is 0 Å². The molecular formula is C9H13IN2. The summed E-state index contributed by atoms with van der Waals surface area (Å²) in [5.41, 5.74) is 16.9. The van der Waals surface area contributed by atoms with E-state index in [0.29, 0.717) is 0 Å². The Balaban J connectivity index is 3.60. The van der Waals surface area contributed by atoms with Crippen molar-refractivity contribution in [2.24, 2.45) is 0 Å². The molecule has 66 valence electrons. The summed E-state index contributed by atoms with van der Waals surface area (Å²) in [4.78, 5) is 0. The van der Waals surface area contributed by atoms with Crippen LogP contribution in [0.5, 0.6) is 0 Å². The Labute approximate surface area is 86.5 Å². The van der Waals surface area contributed by atoms with Gasteiger partial charge in [-0.3, -0.25) is 0 Å². The summed E-state index contributed by atoms with van der Waals surface area (Å²) in [5, 5.41) is 0. The second-order valence-electron chi connectivity index (χ2n) is 3.02. The molecule has 0 saturated carbocycles. The minimum atomic E-state index is 0.816. The lowest BCUT2D eigenvalue weighted by Gasteiger charge is -2.13. The Morgan fingerprint density at radius 1 is 0.833 bits per heavy atom. The average molecular weight is 276 g/mol. The fraction of sp³-hybridized carbons (Fsp3) is 0.333. The van der Waals surface area contributed by atoms with Crippen LogP contribution in [0.4, 0.5) is 11.4 Å². The normalized spacial score (nSPS) is 10.3. The van der Waals surface area contributed by atoms with Crippen molar-refractivity contribution in [3.63, 3.8) is 0 Å². The highest BCUT2D eigenvalue weighted by Gasteiger charge is 2.10. The number of nitrogens with two attached hydrogens (primary N) is 2. The van der Waals surface area contributed by atoms with Gasteiger partial charge in [-0.1, -0.05) is 0 Å². The maximum absolute atomic E-state index is 5.86. The van der Waals surface area contributed by atoms with Crippen molar-refractivity contribution in [3.8, 4) is 0 Å². The fourth-order valence-electron chi connectivity index (χ4n) is 1.16. The van der Waals surface area contributed by atoms with Gasteiger partial charge < -0.3 is 11.5 Å². The molecule has 4 N–H and O–H groups in total. The van der Waals surface area contributed by atoms with Gasteiger partial charge in [0.2, 0.25) is 0 Å². The van der Waals surface area contributed by atoms with Gasteiger partial charge in [0.15, 0.2) is 0 Å². The van der Waals surface area contributed by atoms with Crippen molar-refractivity contribution >= 4 is 34.0 Å². The summed E-state index contributed by atoms with van der Waals surface area (Å²) in [7, 11) is 0. The molecule has 0 fully saturated rings. The number of halogens is 1. The van der Waals surface area contributed by atoms with E-state index in [9.17, 15) is 0 Å². The number of rotatable bonds is 0. The SMILES string of the molecule is Cc1c(C)c(N)c(I)c(N)c1C. The zero-order valence-corrected chi connectivity index (χ0v) is 9.69. The standard InChI is InChI=1S/C9H13IN2/c1-4-5(2)8(11)7(10)9(12)6(4)3/h11-12H2,1-3H3. The summed E-state index contributed by atoms with van der Waals surface area (Å²) < 4.78 is 0.980. The van der Waals surface area contributed by atoms with Crippen molar-refractivity contribution in [2.45, 2.75) is 20.8 Å². The highest BCUT2D eigenvalue weighted by Crippen LogP contribution is 2.31. The third kappa shape index (κ3) is 1.26. The molecule has 2 nitrogen and oxygen atoms in total. The van der Waals surface area contributed by atoms with E-state index in [1.54, 1.807) is 0 Å². The highest BCUT2D eigenvalue weighted by molar-refractivity contribution is 14.1. The Hall–Kier alpha value is -0.450. The Kier molecular flexibility index (Phi) is 2.51. The molecule has 0 atom stereocenters. The molecule has 1 rings (SSSR count).